The van der Waals surface area contributed by atoms with E-state index in [2.05, 4.69) is 4.98 Å². The van der Waals surface area contributed by atoms with Crippen molar-refractivity contribution in [2.75, 3.05) is 0 Å². The van der Waals surface area contributed by atoms with E-state index in [9.17, 15) is 9.59 Å². The molecule has 0 fully saturated rings. The Bertz CT molecular complexity index is 828. The molecule has 1 heterocycles. The van der Waals surface area contributed by atoms with Crippen molar-refractivity contribution in [2.24, 2.45) is 0 Å². The minimum absolute atomic E-state index is 0.0628. The number of H-pyrrole nitrogens is 1. The van der Waals surface area contributed by atoms with Crippen molar-refractivity contribution in [1.82, 2.24) is 9.55 Å². The molecule has 5 nitrogen and oxygen atoms in total. The van der Waals surface area contributed by atoms with Crippen molar-refractivity contribution >= 4 is 11.6 Å². The van der Waals surface area contributed by atoms with Crippen LogP contribution in [0.5, 0.6) is 0 Å². The fraction of sp³-hybridized carbons (Fsp3) is 0.214. The number of aromatic amines is 1. The first kappa shape index (κ1) is 14.1. The summed E-state index contributed by atoms with van der Waals surface area (Å²) in [5.74, 6) is 0. The molecule has 0 saturated carbocycles. The molecule has 0 bridgehead atoms. The lowest BCUT2D eigenvalue weighted by Crippen LogP contribution is -2.36. The third-order valence-corrected chi connectivity index (χ3v) is 3.40. The predicted octanol–water partition coefficient (Wildman–Crippen LogP) is 1.92. The molecule has 0 amide bonds. The second-order valence-corrected chi connectivity index (χ2v) is 4.71. The van der Waals surface area contributed by atoms with Crippen LogP contribution in [0.4, 0.5) is 0 Å². The van der Waals surface area contributed by atoms with Crippen molar-refractivity contribution in [3.63, 3.8) is 0 Å². The molecular formula is C14H12ClN3O2. The van der Waals surface area contributed by atoms with Crippen molar-refractivity contribution < 1.29 is 0 Å². The maximum absolute atomic E-state index is 12.4. The van der Waals surface area contributed by atoms with Crippen LogP contribution in [-0.4, -0.2) is 9.55 Å². The molecule has 2 rings (SSSR count). The first-order valence-electron chi connectivity index (χ1n) is 6.04. The zero-order valence-electron chi connectivity index (χ0n) is 11.0. The first-order chi connectivity index (χ1) is 9.49. The predicted molar refractivity (Wildman–Crippen MR) is 76.5 cm³/mol. The standard InChI is InChI=1S/C14H12ClN3O2/c1-3-10-12(15)17-14(20)18(13(10)19)11-6-9(7-16)5-4-8(11)2/h4-6H,3H2,1-2H3,(H,17,20). The third-order valence-electron chi connectivity index (χ3n) is 3.08. The maximum Gasteiger partial charge on any atom is 0.334 e. The van der Waals surface area contributed by atoms with E-state index in [1.807, 2.05) is 6.07 Å². The summed E-state index contributed by atoms with van der Waals surface area (Å²) >= 11 is 5.87. The van der Waals surface area contributed by atoms with Crippen LogP contribution in [0.25, 0.3) is 5.69 Å². The first-order valence-corrected chi connectivity index (χ1v) is 6.42. The monoisotopic (exact) mass is 289 g/mol. The summed E-state index contributed by atoms with van der Waals surface area (Å²) in [5.41, 5.74) is 0.760. The molecule has 20 heavy (non-hydrogen) atoms. The lowest BCUT2D eigenvalue weighted by atomic mass is 10.1. The van der Waals surface area contributed by atoms with Gasteiger partial charge >= 0.3 is 5.69 Å². The molecule has 0 radical (unpaired) electrons. The smallest absolute Gasteiger partial charge is 0.297 e. The van der Waals surface area contributed by atoms with E-state index >= 15 is 0 Å². The summed E-state index contributed by atoms with van der Waals surface area (Å²) in [6.07, 6.45) is 0.408. The lowest BCUT2D eigenvalue weighted by Gasteiger charge is -2.10. The van der Waals surface area contributed by atoms with Gasteiger partial charge in [0.25, 0.3) is 5.56 Å². The van der Waals surface area contributed by atoms with E-state index < -0.39 is 11.2 Å². The molecular weight excluding hydrogens is 278 g/mol. The number of aryl methyl sites for hydroxylation is 1. The van der Waals surface area contributed by atoms with E-state index in [-0.39, 0.29) is 5.15 Å². The van der Waals surface area contributed by atoms with E-state index in [0.29, 0.717) is 23.2 Å². The molecule has 0 aliphatic rings. The number of benzene rings is 1. The number of hydrogen-bond donors (Lipinski definition) is 1. The molecule has 2 aromatic rings. The minimum Gasteiger partial charge on any atom is -0.297 e. The molecule has 1 N–H and O–H groups in total. The highest BCUT2D eigenvalue weighted by Gasteiger charge is 2.14. The van der Waals surface area contributed by atoms with Gasteiger partial charge in [0.15, 0.2) is 0 Å². The Morgan fingerprint density at radius 3 is 2.70 bits per heavy atom. The van der Waals surface area contributed by atoms with Gasteiger partial charge in [-0.25, -0.2) is 9.36 Å². The summed E-state index contributed by atoms with van der Waals surface area (Å²) in [5, 5.41) is 9.00. The fourth-order valence-corrected chi connectivity index (χ4v) is 2.29. The maximum atomic E-state index is 12.4. The van der Waals surface area contributed by atoms with E-state index in [0.717, 1.165) is 10.1 Å². The van der Waals surface area contributed by atoms with Gasteiger partial charge in [-0.2, -0.15) is 5.26 Å². The second-order valence-electron chi connectivity index (χ2n) is 4.33. The number of rotatable bonds is 2. The Morgan fingerprint density at radius 1 is 1.40 bits per heavy atom. The number of nitrogens with one attached hydrogen (secondary N) is 1. The van der Waals surface area contributed by atoms with E-state index in [4.69, 9.17) is 16.9 Å². The molecule has 1 aromatic carbocycles. The molecule has 0 saturated heterocycles. The van der Waals surface area contributed by atoms with Crippen LogP contribution < -0.4 is 11.2 Å². The Hall–Kier alpha value is -2.32. The average molecular weight is 290 g/mol. The Balaban J connectivity index is 2.87. The Morgan fingerprint density at radius 2 is 2.10 bits per heavy atom. The van der Waals surface area contributed by atoms with Gasteiger partial charge in [0.2, 0.25) is 0 Å². The molecule has 102 valence electrons. The van der Waals surface area contributed by atoms with E-state index in [1.54, 1.807) is 26.0 Å². The lowest BCUT2D eigenvalue weighted by molar-refractivity contribution is 0.836. The van der Waals surface area contributed by atoms with Crippen molar-refractivity contribution in [1.29, 1.82) is 5.26 Å². The quantitative estimate of drug-likeness (QED) is 0.858. The van der Waals surface area contributed by atoms with Gasteiger partial charge in [0, 0.05) is 0 Å². The summed E-state index contributed by atoms with van der Waals surface area (Å²) in [4.78, 5) is 26.8. The molecule has 0 aliphatic heterocycles. The molecule has 0 unspecified atom stereocenters. The zero-order chi connectivity index (χ0) is 14.9. The molecule has 0 spiro atoms. The summed E-state index contributed by atoms with van der Waals surface area (Å²) < 4.78 is 1.01. The van der Waals surface area contributed by atoms with Gasteiger partial charge in [-0.1, -0.05) is 24.6 Å². The number of halogens is 1. The third kappa shape index (κ3) is 2.26. The highest BCUT2D eigenvalue weighted by molar-refractivity contribution is 6.30. The highest BCUT2D eigenvalue weighted by atomic mass is 35.5. The van der Waals surface area contributed by atoms with Crippen LogP contribution in [0.1, 0.15) is 23.6 Å². The Kier molecular flexibility index (Phi) is 3.77. The van der Waals surface area contributed by atoms with Crippen LogP contribution in [0.3, 0.4) is 0 Å². The van der Waals surface area contributed by atoms with E-state index in [1.165, 1.54) is 6.07 Å². The van der Waals surface area contributed by atoms with Gasteiger partial charge in [-0.3, -0.25) is 9.78 Å². The van der Waals surface area contributed by atoms with Crippen LogP contribution in [0.15, 0.2) is 27.8 Å². The number of nitrogens with zero attached hydrogens (tertiary/aromatic N) is 2. The summed E-state index contributed by atoms with van der Waals surface area (Å²) in [6, 6.07) is 6.83. The zero-order valence-corrected chi connectivity index (χ0v) is 11.8. The summed E-state index contributed by atoms with van der Waals surface area (Å²) in [6.45, 7) is 3.55. The molecule has 1 aromatic heterocycles. The minimum atomic E-state index is -0.615. The van der Waals surface area contributed by atoms with Crippen LogP contribution >= 0.6 is 11.6 Å². The topological polar surface area (TPSA) is 78.7 Å². The summed E-state index contributed by atoms with van der Waals surface area (Å²) in [7, 11) is 0. The molecule has 0 aliphatic carbocycles. The van der Waals surface area contributed by atoms with Crippen molar-refractivity contribution in [3.05, 3.63) is 60.9 Å². The SMILES string of the molecule is CCc1c(Cl)[nH]c(=O)n(-c2cc(C#N)ccc2C)c1=O. The van der Waals surface area contributed by atoms with Crippen LogP contribution in [-0.2, 0) is 6.42 Å². The Labute approximate surface area is 120 Å². The number of aromatic nitrogens is 2. The highest BCUT2D eigenvalue weighted by Crippen LogP contribution is 2.14. The number of nitriles is 1. The average Bonchev–Trinajstić information content (AvgIpc) is 2.40. The normalized spacial score (nSPS) is 10.3. The van der Waals surface area contributed by atoms with Crippen LogP contribution in [0.2, 0.25) is 5.15 Å². The van der Waals surface area contributed by atoms with Gasteiger partial charge in [-0.05, 0) is 31.0 Å². The van der Waals surface area contributed by atoms with Gasteiger partial charge in [0.05, 0.1) is 22.9 Å². The van der Waals surface area contributed by atoms with Gasteiger partial charge in [0.1, 0.15) is 5.15 Å². The second kappa shape index (κ2) is 5.35. The van der Waals surface area contributed by atoms with Crippen molar-refractivity contribution in [2.45, 2.75) is 20.3 Å². The molecule has 0 atom stereocenters. The molecule has 6 heteroatoms. The fourth-order valence-electron chi connectivity index (χ4n) is 1.99. The largest absolute Gasteiger partial charge is 0.334 e. The number of hydrogen-bond acceptors (Lipinski definition) is 3. The van der Waals surface area contributed by atoms with Crippen LogP contribution in [0, 0.1) is 18.3 Å². The van der Waals surface area contributed by atoms with Crippen molar-refractivity contribution in [3.8, 4) is 11.8 Å². The van der Waals surface area contributed by atoms with Gasteiger partial charge in [-0.15, -0.1) is 0 Å². The van der Waals surface area contributed by atoms with Gasteiger partial charge < -0.3 is 0 Å².